The van der Waals surface area contributed by atoms with Gasteiger partial charge in [0, 0.05) is 5.56 Å². The Morgan fingerprint density at radius 2 is 1.50 bits per heavy atom. The minimum atomic E-state index is -1.63. The highest BCUT2D eigenvalue weighted by Crippen LogP contribution is 2.23. The van der Waals surface area contributed by atoms with Gasteiger partial charge in [-0.25, -0.2) is 0 Å². The summed E-state index contributed by atoms with van der Waals surface area (Å²) >= 11 is 0. The van der Waals surface area contributed by atoms with E-state index in [4.69, 9.17) is 9.47 Å². The first-order chi connectivity index (χ1) is 20.2. The van der Waals surface area contributed by atoms with E-state index >= 15 is 0 Å². The number of rotatable bonds is 21. The third kappa shape index (κ3) is 12.5. The maximum atomic E-state index is 13.0. The number of carbonyl (C=O) groups is 1. The Hall–Kier alpha value is -1.63. The number of hydrogen-bond donors (Lipinski definition) is 7. The molecule has 7 N–H and O–H groups in total. The van der Waals surface area contributed by atoms with Gasteiger partial charge in [-0.2, -0.15) is 0 Å². The lowest BCUT2D eigenvalue weighted by atomic mass is 9.98. The standard InChI is InChI=1S/C32H55NO9/c1-3-4-5-6-7-8-9-10-11-12-13-14-18-25(35)27(36)24(33-31(40)23-17-15-16-22(2)19-23)21-41-32-30(39)29(38)28(37)26(20-34)42-32/h15-17,19,24-30,32,34-39H,3-14,18,20-21H2,1-2H3,(H,33,40)/t24?,25?,26-,27?,28+,29+,30-,32+/m1/s1. The number of aryl methyl sites for hydroxylation is 1. The maximum absolute atomic E-state index is 13.0. The number of nitrogens with one attached hydrogen (secondary N) is 1. The summed E-state index contributed by atoms with van der Waals surface area (Å²) in [5.41, 5.74) is 1.25. The second-order valence-corrected chi connectivity index (χ2v) is 11.7. The van der Waals surface area contributed by atoms with Crippen molar-refractivity contribution in [3.05, 3.63) is 35.4 Å². The van der Waals surface area contributed by atoms with Gasteiger partial charge in [0.05, 0.1) is 25.4 Å². The Balaban J connectivity index is 1.86. The van der Waals surface area contributed by atoms with Crippen molar-refractivity contribution in [1.29, 1.82) is 0 Å². The van der Waals surface area contributed by atoms with Crippen molar-refractivity contribution in [1.82, 2.24) is 5.32 Å². The first kappa shape index (κ1) is 36.6. The molecule has 0 aliphatic carbocycles. The van der Waals surface area contributed by atoms with Crippen molar-refractivity contribution in [3.63, 3.8) is 0 Å². The topological polar surface area (TPSA) is 169 Å². The van der Waals surface area contributed by atoms with Gasteiger partial charge < -0.3 is 45.4 Å². The van der Waals surface area contributed by atoms with E-state index in [-0.39, 0.29) is 6.61 Å². The zero-order chi connectivity index (χ0) is 30.9. The second-order valence-electron chi connectivity index (χ2n) is 11.7. The molecule has 0 bridgehead atoms. The molecule has 0 aromatic heterocycles. The third-order valence-corrected chi connectivity index (χ3v) is 8.05. The number of amides is 1. The van der Waals surface area contributed by atoms with E-state index < -0.39 is 61.5 Å². The van der Waals surface area contributed by atoms with E-state index in [1.807, 2.05) is 13.0 Å². The second kappa shape index (κ2) is 20.3. The van der Waals surface area contributed by atoms with Crippen molar-refractivity contribution in [2.75, 3.05) is 13.2 Å². The van der Waals surface area contributed by atoms with Crippen LogP contribution in [0.1, 0.15) is 106 Å². The summed E-state index contributed by atoms with van der Waals surface area (Å²) in [6.07, 6.45) is 4.64. The fourth-order valence-electron chi connectivity index (χ4n) is 5.30. The van der Waals surface area contributed by atoms with E-state index in [9.17, 15) is 35.4 Å². The molecule has 1 aromatic rings. The molecule has 0 saturated carbocycles. The zero-order valence-electron chi connectivity index (χ0n) is 25.4. The maximum Gasteiger partial charge on any atom is 0.251 e. The molecule has 2 rings (SSSR count). The highest BCUT2D eigenvalue weighted by Gasteiger charge is 2.44. The molecule has 3 unspecified atom stereocenters. The van der Waals surface area contributed by atoms with E-state index in [0.717, 1.165) is 31.2 Å². The van der Waals surface area contributed by atoms with E-state index in [1.165, 1.54) is 51.4 Å². The molecular weight excluding hydrogens is 542 g/mol. The van der Waals surface area contributed by atoms with Crippen LogP contribution in [0.25, 0.3) is 0 Å². The van der Waals surface area contributed by atoms with Crippen LogP contribution in [0.2, 0.25) is 0 Å². The minimum absolute atomic E-state index is 0.343. The molecular formula is C32H55NO9. The number of aliphatic hydroxyl groups is 6. The number of carbonyl (C=O) groups excluding carboxylic acids is 1. The molecule has 10 heteroatoms. The van der Waals surface area contributed by atoms with Gasteiger partial charge in [-0.3, -0.25) is 4.79 Å². The van der Waals surface area contributed by atoms with Crippen molar-refractivity contribution in [3.8, 4) is 0 Å². The average Bonchev–Trinajstić information content (AvgIpc) is 2.98. The smallest absolute Gasteiger partial charge is 0.251 e. The van der Waals surface area contributed by atoms with Crippen LogP contribution < -0.4 is 5.32 Å². The number of hydrogen-bond acceptors (Lipinski definition) is 9. The number of aliphatic hydroxyl groups excluding tert-OH is 6. The molecule has 1 amide bonds. The van der Waals surface area contributed by atoms with Gasteiger partial charge in [-0.05, 0) is 25.5 Å². The van der Waals surface area contributed by atoms with Crippen LogP contribution in [0.4, 0.5) is 0 Å². The first-order valence-corrected chi connectivity index (χ1v) is 15.8. The molecule has 8 atom stereocenters. The number of benzene rings is 1. The minimum Gasteiger partial charge on any atom is -0.394 e. The molecule has 242 valence electrons. The Bertz CT molecular complexity index is 870. The van der Waals surface area contributed by atoms with Crippen LogP contribution >= 0.6 is 0 Å². The summed E-state index contributed by atoms with van der Waals surface area (Å²) in [6.45, 7) is 3.10. The Morgan fingerprint density at radius 1 is 0.905 bits per heavy atom. The lowest BCUT2D eigenvalue weighted by Crippen LogP contribution is -2.60. The Labute approximate surface area is 251 Å². The lowest BCUT2D eigenvalue weighted by molar-refractivity contribution is -0.303. The van der Waals surface area contributed by atoms with Gasteiger partial charge >= 0.3 is 0 Å². The van der Waals surface area contributed by atoms with Crippen LogP contribution in [0, 0.1) is 6.92 Å². The summed E-state index contributed by atoms with van der Waals surface area (Å²) < 4.78 is 11.0. The quantitative estimate of drug-likeness (QED) is 0.105. The van der Waals surface area contributed by atoms with E-state index in [1.54, 1.807) is 18.2 Å². The van der Waals surface area contributed by atoms with Gasteiger partial charge in [-0.1, -0.05) is 102 Å². The summed E-state index contributed by atoms with van der Waals surface area (Å²) in [5, 5.41) is 64.3. The molecule has 1 heterocycles. The SMILES string of the molecule is CCCCCCCCCCCCCCC(O)C(O)C(CO[C@H]1O[C@H](CO)[C@H](O)[C@H](O)[C@H]1O)NC(=O)c1cccc(C)c1. The molecule has 1 fully saturated rings. The van der Waals surface area contributed by atoms with Crippen molar-refractivity contribution >= 4 is 5.91 Å². The monoisotopic (exact) mass is 597 g/mol. The molecule has 1 saturated heterocycles. The molecule has 1 aliphatic heterocycles. The van der Waals surface area contributed by atoms with Crippen LogP contribution in [0.5, 0.6) is 0 Å². The summed E-state index contributed by atoms with van der Waals surface area (Å²) in [4.78, 5) is 13.0. The lowest BCUT2D eigenvalue weighted by Gasteiger charge is -2.40. The fourth-order valence-corrected chi connectivity index (χ4v) is 5.30. The van der Waals surface area contributed by atoms with E-state index in [2.05, 4.69) is 12.2 Å². The molecule has 1 aliphatic rings. The van der Waals surface area contributed by atoms with Gasteiger partial charge in [-0.15, -0.1) is 0 Å². The van der Waals surface area contributed by atoms with Gasteiger partial charge in [0.1, 0.15) is 30.5 Å². The van der Waals surface area contributed by atoms with Crippen molar-refractivity contribution < 1.29 is 44.9 Å². The van der Waals surface area contributed by atoms with Crippen LogP contribution in [-0.2, 0) is 9.47 Å². The van der Waals surface area contributed by atoms with Crippen LogP contribution in [0.15, 0.2) is 24.3 Å². The predicted octanol–water partition coefficient (Wildman–Crippen LogP) is 2.72. The predicted molar refractivity (Wildman–Crippen MR) is 160 cm³/mol. The van der Waals surface area contributed by atoms with Crippen molar-refractivity contribution in [2.24, 2.45) is 0 Å². The highest BCUT2D eigenvalue weighted by atomic mass is 16.7. The first-order valence-electron chi connectivity index (χ1n) is 15.8. The van der Waals surface area contributed by atoms with Gasteiger partial charge in [0.2, 0.25) is 0 Å². The molecule has 0 radical (unpaired) electrons. The largest absolute Gasteiger partial charge is 0.394 e. The average molecular weight is 598 g/mol. The Kier molecular flexibility index (Phi) is 17.7. The zero-order valence-corrected chi connectivity index (χ0v) is 25.4. The van der Waals surface area contributed by atoms with Gasteiger partial charge in [0.25, 0.3) is 5.91 Å². The normalized spacial score (nSPS) is 24.7. The van der Waals surface area contributed by atoms with Crippen molar-refractivity contribution in [2.45, 2.75) is 146 Å². The number of ether oxygens (including phenoxy) is 2. The van der Waals surface area contributed by atoms with Crippen LogP contribution in [-0.4, -0.2) is 98.7 Å². The van der Waals surface area contributed by atoms with Gasteiger partial charge in [0.15, 0.2) is 6.29 Å². The molecule has 0 spiro atoms. The summed E-state index contributed by atoms with van der Waals surface area (Å²) in [7, 11) is 0. The summed E-state index contributed by atoms with van der Waals surface area (Å²) in [6, 6.07) is 5.84. The highest BCUT2D eigenvalue weighted by molar-refractivity contribution is 5.94. The molecule has 42 heavy (non-hydrogen) atoms. The number of unbranched alkanes of at least 4 members (excludes halogenated alkanes) is 11. The Morgan fingerprint density at radius 3 is 2.07 bits per heavy atom. The van der Waals surface area contributed by atoms with E-state index in [0.29, 0.717) is 12.0 Å². The fraction of sp³-hybridized carbons (Fsp3) is 0.781. The molecule has 10 nitrogen and oxygen atoms in total. The summed E-state index contributed by atoms with van der Waals surface area (Å²) in [5.74, 6) is -0.474. The third-order valence-electron chi connectivity index (χ3n) is 8.05. The van der Waals surface area contributed by atoms with Crippen LogP contribution in [0.3, 0.4) is 0 Å². The molecule has 1 aromatic carbocycles.